The maximum absolute atomic E-state index is 4.62. The molecule has 0 spiro atoms. The van der Waals surface area contributed by atoms with Crippen LogP contribution in [0.5, 0.6) is 0 Å². The van der Waals surface area contributed by atoms with Gasteiger partial charge in [-0.3, -0.25) is 9.30 Å². The van der Waals surface area contributed by atoms with Gasteiger partial charge in [0.25, 0.3) is 0 Å². The number of likely N-dealkylation sites (tertiary alicyclic amines) is 1. The molecule has 2 aliphatic heterocycles. The Morgan fingerprint density at radius 2 is 1.83 bits per heavy atom. The number of anilines is 1. The molecule has 0 N–H and O–H groups in total. The van der Waals surface area contributed by atoms with Crippen molar-refractivity contribution in [2.75, 3.05) is 57.8 Å². The minimum absolute atomic E-state index is 0.789. The molecular formula is C18H28N6. The molecule has 2 aliphatic rings. The Kier molecular flexibility index (Phi) is 4.41. The molecule has 2 aromatic rings. The second kappa shape index (κ2) is 6.69. The first-order valence-corrected chi connectivity index (χ1v) is 9.15. The summed E-state index contributed by atoms with van der Waals surface area (Å²) in [5.41, 5.74) is 2.33. The molecule has 0 radical (unpaired) electrons. The highest BCUT2D eigenvalue weighted by molar-refractivity contribution is 5.52. The number of imidazole rings is 1. The highest BCUT2D eigenvalue weighted by atomic mass is 15.3. The Balaban J connectivity index is 1.36. The maximum atomic E-state index is 4.62. The van der Waals surface area contributed by atoms with Crippen molar-refractivity contribution in [1.29, 1.82) is 0 Å². The van der Waals surface area contributed by atoms with Gasteiger partial charge in [0, 0.05) is 51.3 Å². The number of hydrogen-bond donors (Lipinski definition) is 0. The molecule has 24 heavy (non-hydrogen) atoms. The normalized spacial score (nSPS) is 21.7. The van der Waals surface area contributed by atoms with Gasteiger partial charge in [-0.15, -0.1) is 0 Å². The highest BCUT2D eigenvalue weighted by Crippen LogP contribution is 2.22. The van der Waals surface area contributed by atoms with Crippen LogP contribution in [-0.2, 0) is 0 Å². The van der Waals surface area contributed by atoms with Gasteiger partial charge < -0.3 is 9.80 Å². The van der Waals surface area contributed by atoms with Gasteiger partial charge in [-0.2, -0.15) is 0 Å². The molecule has 0 aromatic carbocycles. The van der Waals surface area contributed by atoms with Crippen LogP contribution in [0.4, 0.5) is 5.69 Å². The Bertz CT molecular complexity index is 680. The predicted octanol–water partition coefficient (Wildman–Crippen LogP) is 1.50. The fourth-order valence-electron chi connectivity index (χ4n) is 4.02. The number of hydrogen-bond acceptors (Lipinski definition) is 5. The van der Waals surface area contributed by atoms with Crippen LogP contribution in [-0.4, -0.2) is 77.0 Å². The zero-order valence-electron chi connectivity index (χ0n) is 14.9. The molecule has 0 aliphatic carbocycles. The third-order valence-electron chi connectivity index (χ3n) is 5.62. The Labute approximate surface area is 144 Å². The van der Waals surface area contributed by atoms with Gasteiger partial charge in [0.05, 0.1) is 11.4 Å². The summed E-state index contributed by atoms with van der Waals surface area (Å²) < 4.78 is 2.02. The lowest BCUT2D eigenvalue weighted by atomic mass is 9.96. The molecule has 0 unspecified atom stereocenters. The summed E-state index contributed by atoms with van der Waals surface area (Å²) in [7, 11) is 2.24. The minimum atomic E-state index is 0.789. The molecule has 0 bridgehead atoms. The molecule has 6 heteroatoms. The summed E-state index contributed by atoms with van der Waals surface area (Å²) in [5, 5.41) is 0. The summed E-state index contributed by atoms with van der Waals surface area (Å²) in [6, 6.07) is 0. The Morgan fingerprint density at radius 3 is 2.58 bits per heavy atom. The van der Waals surface area contributed by atoms with Gasteiger partial charge in [0.2, 0.25) is 5.78 Å². The number of piperidine rings is 1. The molecule has 2 fully saturated rings. The van der Waals surface area contributed by atoms with E-state index in [0.29, 0.717) is 0 Å². The van der Waals surface area contributed by atoms with E-state index in [2.05, 4.69) is 44.8 Å². The Hall–Kier alpha value is -1.66. The van der Waals surface area contributed by atoms with Gasteiger partial charge in [0.15, 0.2) is 0 Å². The van der Waals surface area contributed by atoms with Crippen molar-refractivity contribution in [3.63, 3.8) is 0 Å². The summed E-state index contributed by atoms with van der Waals surface area (Å²) in [6.07, 6.45) is 8.68. The molecular weight excluding hydrogens is 300 g/mol. The molecule has 2 aromatic heterocycles. The molecule has 4 rings (SSSR count). The molecule has 6 nitrogen and oxygen atoms in total. The number of aryl methyl sites for hydroxylation is 1. The molecule has 130 valence electrons. The van der Waals surface area contributed by atoms with E-state index in [0.717, 1.165) is 43.6 Å². The van der Waals surface area contributed by atoms with Crippen molar-refractivity contribution in [3.8, 4) is 0 Å². The van der Waals surface area contributed by atoms with Crippen LogP contribution in [0.2, 0.25) is 0 Å². The fraction of sp³-hybridized carbons (Fsp3) is 0.667. The fourth-order valence-corrected chi connectivity index (χ4v) is 4.02. The summed E-state index contributed by atoms with van der Waals surface area (Å²) in [6.45, 7) is 10.4. The van der Waals surface area contributed by atoms with E-state index in [4.69, 9.17) is 0 Å². The Morgan fingerprint density at radius 1 is 1.08 bits per heavy atom. The van der Waals surface area contributed by atoms with E-state index in [-0.39, 0.29) is 0 Å². The molecule has 0 atom stereocenters. The van der Waals surface area contributed by atoms with E-state index in [9.17, 15) is 0 Å². The standard InChI is InChI=1S/C18H28N6/c1-15-17(14-24-8-5-19-18(24)20-15)23-11-9-22(10-12-23)13-16-3-6-21(2)7-4-16/h5,8,14,16H,3-4,6-7,9-13H2,1-2H3. The maximum Gasteiger partial charge on any atom is 0.234 e. The molecule has 0 amide bonds. The zero-order valence-corrected chi connectivity index (χ0v) is 14.9. The van der Waals surface area contributed by atoms with Crippen molar-refractivity contribution < 1.29 is 0 Å². The van der Waals surface area contributed by atoms with Crippen LogP contribution in [0.3, 0.4) is 0 Å². The second-order valence-electron chi connectivity index (χ2n) is 7.38. The van der Waals surface area contributed by atoms with E-state index in [1.54, 1.807) is 0 Å². The molecule has 0 saturated carbocycles. The molecule has 4 heterocycles. The number of aromatic nitrogens is 3. The van der Waals surface area contributed by atoms with Crippen molar-refractivity contribution >= 4 is 11.5 Å². The topological polar surface area (TPSA) is 39.9 Å². The van der Waals surface area contributed by atoms with Crippen molar-refractivity contribution in [1.82, 2.24) is 24.2 Å². The van der Waals surface area contributed by atoms with E-state index >= 15 is 0 Å². The van der Waals surface area contributed by atoms with Crippen LogP contribution in [0.15, 0.2) is 18.6 Å². The first kappa shape index (κ1) is 15.8. The highest BCUT2D eigenvalue weighted by Gasteiger charge is 2.23. The van der Waals surface area contributed by atoms with Crippen LogP contribution in [0, 0.1) is 12.8 Å². The SMILES string of the molecule is Cc1nc2nccn2cc1N1CCN(CC2CCN(C)CC2)CC1. The van der Waals surface area contributed by atoms with Gasteiger partial charge in [-0.05, 0) is 45.8 Å². The summed E-state index contributed by atoms with van der Waals surface area (Å²) in [4.78, 5) is 16.5. The third kappa shape index (κ3) is 3.26. The van der Waals surface area contributed by atoms with Crippen molar-refractivity contribution in [3.05, 3.63) is 24.3 Å². The average Bonchev–Trinajstić information content (AvgIpc) is 3.04. The van der Waals surface area contributed by atoms with Crippen LogP contribution < -0.4 is 4.90 Å². The number of nitrogens with zero attached hydrogens (tertiary/aromatic N) is 6. The number of fused-ring (bicyclic) bond motifs is 1. The summed E-state index contributed by atoms with van der Waals surface area (Å²) in [5.74, 6) is 1.68. The van der Waals surface area contributed by atoms with Gasteiger partial charge in [-0.1, -0.05) is 0 Å². The van der Waals surface area contributed by atoms with Gasteiger partial charge in [0.1, 0.15) is 0 Å². The average molecular weight is 328 g/mol. The lowest BCUT2D eigenvalue weighted by Crippen LogP contribution is -2.49. The predicted molar refractivity (Wildman–Crippen MR) is 96.6 cm³/mol. The monoisotopic (exact) mass is 328 g/mol. The van der Waals surface area contributed by atoms with Gasteiger partial charge >= 0.3 is 0 Å². The van der Waals surface area contributed by atoms with E-state index in [1.807, 2.05) is 16.8 Å². The van der Waals surface area contributed by atoms with Gasteiger partial charge in [-0.25, -0.2) is 9.97 Å². The van der Waals surface area contributed by atoms with Crippen LogP contribution >= 0.6 is 0 Å². The largest absolute Gasteiger partial charge is 0.366 e. The lowest BCUT2D eigenvalue weighted by molar-refractivity contribution is 0.155. The number of piperazine rings is 1. The van der Waals surface area contributed by atoms with E-state index in [1.165, 1.54) is 38.2 Å². The zero-order chi connectivity index (χ0) is 16.5. The van der Waals surface area contributed by atoms with Crippen molar-refractivity contribution in [2.24, 2.45) is 5.92 Å². The van der Waals surface area contributed by atoms with Crippen LogP contribution in [0.25, 0.3) is 5.78 Å². The third-order valence-corrected chi connectivity index (χ3v) is 5.62. The minimum Gasteiger partial charge on any atom is -0.366 e. The molecule has 2 saturated heterocycles. The first-order valence-electron chi connectivity index (χ1n) is 9.15. The lowest BCUT2D eigenvalue weighted by Gasteiger charge is -2.39. The van der Waals surface area contributed by atoms with Crippen LogP contribution in [0.1, 0.15) is 18.5 Å². The first-order chi connectivity index (χ1) is 11.7. The quantitative estimate of drug-likeness (QED) is 0.854. The summed E-state index contributed by atoms with van der Waals surface area (Å²) >= 11 is 0. The number of rotatable bonds is 3. The second-order valence-corrected chi connectivity index (χ2v) is 7.38. The smallest absolute Gasteiger partial charge is 0.234 e. The van der Waals surface area contributed by atoms with E-state index < -0.39 is 0 Å². The van der Waals surface area contributed by atoms with Crippen molar-refractivity contribution in [2.45, 2.75) is 19.8 Å².